The average molecular weight is 280 g/mol. The van der Waals surface area contributed by atoms with Crippen LogP contribution in [-0.2, 0) is 0 Å². The summed E-state index contributed by atoms with van der Waals surface area (Å²) in [7, 11) is 0. The van der Waals surface area contributed by atoms with Gasteiger partial charge in [0.15, 0.2) is 5.65 Å². The molecule has 1 amide bonds. The maximum Gasteiger partial charge on any atom is 0.256 e. The quantitative estimate of drug-likeness (QED) is 0.799. The van der Waals surface area contributed by atoms with Crippen molar-refractivity contribution in [3.63, 3.8) is 0 Å². The number of benzene rings is 1. The Kier molecular flexibility index (Phi) is 3.64. The number of hydrogen-bond donors (Lipinski definition) is 1. The smallest absolute Gasteiger partial charge is 0.256 e. The number of amides is 1. The van der Waals surface area contributed by atoms with Crippen molar-refractivity contribution in [3.05, 3.63) is 54.4 Å². The van der Waals surface area contributed by atoms with Crippen molar-refractivity contribution >= 4 is 11.6 Å². The van der Waals surface area contributed by atoms with Crippen LogP contribution in [0.5, 0.6) is 0 Å². The minimum atomic E-state index is -0.135. The lowest BCUT2D eigenvalue weighted by molar-refractivity contribution is 0.0955. The van der Waals surface area contributed by atoms with Crippen molar-refractivity contribution in [1.29, 1.82) is 0 Å². The summed E-state index contributed by atoms with van der Waals surface area (Å²) >= 11 is 0. The van der Waals surface area contributed by atoms with Crippen molar-refractivity contribution in [2.24, 2.45) is 0 Å². The van der Waals surface area contributed by atoms with Crippen LogP contribution in [0.25, 0.3) is 16.9 Å². The number of aromatic nitrogens is 3. The minimum absolute atomic E-state index is 0.135. The Hall–Kier alpha value is -2.69. The Balaban J connectivity index is 2.06. The van der Waals surface area contributed by atoms with Gasteiger partial charge in [0, 0.05) is 18.3 Å². The fourth-order valence-electron chi connectivity index (χ4n) is 2.21. The van der Waals surface area contributed by atoms with Gasteiger partial charge in [0.1, 0.15) is 5.56 Å². The van der Waals surface area contributed by atoms with E-state index in [1.165, 1.54) is 0 Å². The highest BCUT2D eigenvalue weighted by Crippen LogP contribution is 2.20. The number of nitrogens with zero attached hydrogens (tertiary/aromatic N) is 3. The van der Waals surface area contributed by atoms with Crippen LogP contribution in [0, 0.1) is 0 Å². The second-order valence-electron chi connectivity index (χ2n) is 4.75. The standard InChI is InChI=1S/C16H16N4O/c1-2-9-18-16(21)13-11-19-20-14(8-10-17-15(13)20)12-6-4-3-5-7-12/h3-8,10-11H,2,9H2,1H3,(H,18,21). The topological polar surface area (TPSA) is 59.3 Å². The highest BCUT2D eigenvalue weighted by atomic mass is 16.1. The number of nitrogens with one attached hydrogen (secondary N) is 1. The summed E-state index contributed by atoms with van der Waals surface area (Å²) in [5.41, 5.74) is 3.02. The molecule has 0 aliphatic rings. The molecule has 1 aromatic carbocycles. The van der Waals surface area contributed by atoms with Crippen molar-refractivity contribution in [1.82, 2.24) is 19.9 Å². The van der Waals surface area contributed by atoms with Gasteiger partial charge in [0.05, 0.1) is 11.9 Å². The van der Waals surface area contributed by atoms with Gasteiger partial charge in [-0.3, -0.25) is 4.79 Å². The van der Waals surface area contributed by atoms with E-state index in [9.17, 15) is 4.79 Å². The van der Waals surface area contributed by atoms with Crippen molar-refractivity contribution < 1.29 is 4.79 Å². The zero-order valence-corrected chi connectivity index (χ0v) is 11.8. The molecule has 2 heterocycles. The van der Waals surface area contributed by atoms with Crippen LogP contribution in [-0.4, -0.2) is 27.0 Å². The first-order chi connectivity index (χ1) is 10.3. The van der Waals surface area contributed by atoms with Gasteiger partial charge in [-0.05, 0) is 12.5 Å². The normalized spacial score (nSPS) is 10.7. The fourth-order valence-corrected chi connectivity index (χ4v) is 2.21. The molecule has 0 aliphatic carbocycles. The third-order valence-electron chi connectivity index (χ3n) is 3.25. The SMILES string of the molecule is CCCNC(=O)c1cnn2c(-c3ccccc3)ccnc12. The molecular weight excluding hydrogens is 264 g/mol. The van der Waals surface area contributed by atoms with Crippen LogP contribution in [0.1, 0.15) is 23.7 Å². The summed E-state index contributed by atoms with van der Waals surface area (Å²) in [5, 5.41) is 7.17. The lowest BCUT2D eigenvalue weighted by Crippen LogP contribution is -2.23. The summed E-state index contributed by atoms with van der Waals surface area (Å²) in [6, 6.07) is 11.8. The first kappa shape index (κ1) is 13.3. The molecule has 0 saturated carbocycles. The predicted octanol–water partition coefficient (Wildman–Crippen LogP) is 2.54. The molecule has 5 nitrogen and oxygen atoms in total. The van der Waals surface area contributed by atoms with E-state index in [0.29, 0.717) is 17.8 Å². The number of fused-ring (bicyclic) bond motifs is 1. The first-order valence-corrected chi connectivity index (χ1v) is 6.97. The average Bonchev–Trinajstić information content (AvgIpc) is 2.97. The highest BCUT2D eigenvalue weighted by Gasteiger charge is 2.15. The monoisotopic (exact) mass is 280 g/mol. The molecule has 0 spiro atoms. The van der Waals surface area contributed by atoms with Gasteiger partial charge < -0.3 is 5.32 Å². The molecule has 106 valence electrons. The van der Waals surface area contributed by atoms with Crippen LogP contribution in [0.2, 0.25) is 0 Å². The van der Waals surface area contributed by atoms with E-state index in [1.807, 2.05) is 43.3 Å². The van der Waals surface area contributed by atoms with E-state index in [-0.39, 0.29) is 5.91 Å². The molecule has 1 N–H and O–H groups in total. The second-order valence-corrected chi connectivity index (χ2v) is 4.75. The molecule has 0 saturated heterocycles. The third kappa shape index (κ3) is 2.50. The van der Waals surface area contributed by atoms with Gasteiger partial charge in [0.2, 0.25) is 0 Å². The summed E-state index contributed by atoms with van der Waals surface area (Å²) < 4.78 is 1.70. The molecule has 3 aromatic rings. The third-order valence-corrected chi connectivity index (χ3v) is 3.25. The van der Waals surface area contributed by atoms with E-state index in [2.05, 4.69) is 15.4 Å². The van der Waals surface area contributed by atoms with Gasteiger partial charge in [-0.15, -0.1) is 0 Å². The number of carbonyl (C=O) groups excluding carboxylic acids is 1. The van der Waals surface area contributed by atoms with Gasteiger partial charge in [0.25, 0.3) is 5.91 Å². The molecule has 21 heavy (non-hydrogen) atoms. The van der Waals surface area contributed by atoms with Crippen molar-refractivity contribution in [2.75, 3.05) is 6.54 Å². The Bertz CT molecular complexity index is 764. The van der Waals surface area contributed by atoms with E-state index >= 15 is 0 Å². The number of carbonyl (C=O) groups is 1. The number of hydrogen-bond acceptors (Lipinski definition) is 3. The molecular formula is C16H16N4O. The molecule has 2 aromatic heterocycles. The van der Waals surface area contributed by atoms with E-state index in [4.69, 9.17) is 0 Å². The van der Waals surface area contributed by atoms with Crippen LogP contribution >= 0.6 is 0 Å². The molecule has 0 atom stereocenters. The lowest BCUT2D eigenvalue weighted by Gasteiger charge is -2.05. The largest absolute Gasteiger partial charge is 0.352 e. The van der Waals surface area contributed by atoms with Crippen molar-refractivity contribution in [3.8, 4) is 11.3 Å². The zero-order chi connectivity index (χ0) is 14.7. The van der Waals surface area contributed by atoms with Gasteiger partial charge in [-0.2, -0.15) is 5.10 Å². The second kappa shape index (κ2) is 5.75. The predicted molar refractivity (Wildman–Crippen MR) is 81.0 cm³/mol. The maximum atomic E-state index is 12.1. The van der Waals surface area contributed by atoms with E-state index in [0.717, 1.165) is 17.7 Å². The number of rotatable bonds is 4. The maximum absolute atomic E-state index is 12.1. The van der Waals surface area contributed by atoms with Gasteiger partial charge >= 0.3 is 0 Å². The molecule has 0 aliphatic heterocycles. The Morgan fingerprint density at radius 2 is 2.05 bits per heavy atom. The highest BCUT2D eigenvalue weighted by molar-refractivity contribution is 5.99. The Morgan fingerprint density at radius 3 is 2.81 bits per heavy atom. The minimum Gasteiger partial charge on any atom is -0.352 e. The van der Waals surface area contributed by atoms with Crippen LogP contribution in [0.15, 0.2) is 48.8 Å². The van der Waals surface area contributed by atoms with Crippen LogP contribution < -0.4 is 5.32 Å². The van der Waals surface area contributed by atoms with Gasteiger partial charge in [-0.25, -0.2) is 9.50 Å². The molecule has 3 rings (SSSR count). The first-order valence-electron chi connectivity index (χ1n) is 6.97. The molecule has 0 unspecified atom stereocenters. The summed E-state index contributed by atoms with van der Waals surface area (Å²) in [6.07, 6.45) is 4.17. The van der Waals surface area contributed by atoms with Crippen LogP contribution in [0.3, 0.4) is 0 Å². The van der Waals surface area contributed by atoms with Crippen molar-refractivity contribution in [2.45, 2.75) is 13.3 Å². The Labute approximate surface area is 122 Å². The molecule has 0 bridgehead atoms. The summed E-state index contributed by atoms with van der Waals surface area (Å²) in [6.45, 7) is 2.66. The molecule has 5 heteroatoms. The zero-order valence-electron chi connectivity index (χ0n) is 11.8. The fraction of sp³-hybridized carbons (Fsp3) is 0.188. The lowest BCUT2D eigenvalue weighted by atomic mass is 10.1. The molecule has 0 fully saturated rings. The Morgan fingerprint density at radius 1 is 1.24 bits per heavy atom. The van der Waals surface area contributed by atoms with E-state index < -0.39 is 0 Å². The van der Waals surface area contributed by atoms with Crippen LogP contribution in [0.4, 0.5) is 0 Å². The van der Waals surface area contributed by atoms with E-state index in [1.54, 1.807) is 16.9 Å². The summed E-state index contributed by atoms with van der Waals surface area (Å²) in [4.78, 5) is 16.4. The van der Waals surface area contributed by atoms with Gasteiger partial charge in [-0.1, -0.05) is 37.3 Å². The summed E-state index contributed by atoms with van der Waals surface area (Å²) in [5.74, 6) is -0.135. The molecule has 0 radical (unpaired) electrons.